The molecule has 1 rings (SSSR count). The Kier molecular flexibility index (Phi) is 5.80. The molecule has 1 aromatic rings. The van der Waals surface area contributed by atoms with Crippen LogP contribution in [0.15, 0.2) is 24.3 Å². The molecule has 0 fully saturated rings. The van der Waals surface area contributed by atoms with Crippen molar-refractivity contribution in [3.05, 3.63) is 29.8 Å². The topological polar surface area (TPSA) is 56.5 Å². The molecule has 0 aliphatic carbocycles. The molecular formula is C13H15F3N2O2. The normalized spacial score (nSPS) is 13.1. The minimum absolute atomic E-state index is 0.172. The van der Waals surface area contributed by atoms with Crippen molar-refractivity contribution in [3.8, 4) is 11.8 Å². The number of benzene rings is 1. The van der Waals surface area contributed by atoms with E-state index in [1.165, 1.54) is 7.05 Å². The molecule has 0 radical (unpaired) electrons. The molecule has 0 saturated heterocycles. The van der Waals surface area contributed by atoms with E-state index in [-0.39, 0.29) is 13.2 Å². The van der Waals surface area contributed by atoms with Gasteiger partial charge in [-0.2, -0.15) is 18.4 Å². The lowest BCUT2D eigenvalue weighted by Gasteiger charge is -2.21. The Balaban J connectivity index is 2.44. The lowest BCUT2D eigenvalue weighted by Crippen LogP contribution is -2.38. The van der Waals surface area contributed by atoms with Crippen LogP contribution in [0.5, 0.6) is 5.75 Å². The first kappa shape index (κ1) is 16.3. The van der Waals surface area contributed by atoms with Crippen LogP contribution in [-0.2, 0) is 0 Å². The zero-order valence-corrected chi connectivity index (χ0v) is 10.9. The number of hydrogen-bond donors (Lipinski definition) is 1. The fraction of sp³-hybridized carbons (Fsp3) is 0.462. The van der Waals surface area contributed by atoms with E-state index in [4.69, 9.17) is 10.00 Å². The average molecular weight is 288 g/mol. The van der Waals surface area contributed by atoms with Crippen LogP contribution >= 0.6 is 0 Å². The van der Waals surface area contributed by atoms with E-state index in [0.717, 1.165) is 4.90 Å². The molecule has 0 spiro atoms. The van der Waals surface area contributed by atoms with E-state index in [1.54, 1.807) is 24.3 Å². The number of para-hydroxylation sites is 1. The van der Waals surface area contributed by atoms with E-state index in [1.807, 2.05) is 6.07 Å². The number of likely N-dealkylation sites (N-methyl/N-ethyl adjacent to an activating group) is 1. The molecule has 7 heteroatoms. The SMILES string of the molecule is CN(CC(O)COc1ccccc1C#N)CC(F)(F)F. The van der Waals surface area contributed by atoms with Crippen molar-refractivity contribution in [2.24, 2.45) is 0 Å². The first-order valence-corrected chi connectivity index (χ1v) is 5.87. The second-order valence-corrected chi connectivity index (χ2v) is 4.38. The minimum Gasteiger partial charge on any atom is -0.489 e. The summed E-state index contributed by atoms with van der Waals surface area (Å²) in [5, 5.41) is 18.5. The Hall–Kier alpha value is -1.78. The third kappa shape index (κ3) is 5.91. The molecule has 0 saturated carbocycles. The van der Waals surface area contributed by atoms with Gasteiger partial charge in [-0.25, -0.2) is 0 Å². The highest BCUT2D eigenvalue weighted by Gasteiger charge is 2.29. The zero-order chi connectivity index (χ0) is 15.2. The lowest BCUT2D eigenvalue weighted by molar-refractivity contribution is -0.145. The molecule has 110 valence electrons. The number of alkyl halides is 3. The fourth-order valence-electron chi connectivity index (χ4n) is 1.65. The zero-order valence-electron chi connectivity index (χ0n) is 10.9. The van der Waals surface area contributed by atoms with Gasteiger partial charge in [-0.15, -0.1) is 0 Å². The number of rotatable bonds is 6. The first-order chi connectivity index (χ1) is 9.31. The Morgan fingerprint density at radius 2 is 2.05 bits per heavy atom. The first-order valence-electron chi connectivity index (χ1n) is 5.87. The number of nitriles is 1. The van der Waals surface area contributed by atoms with Gasteiger partial charge in [0.05, 0.1) is 12.1 Å². The van der Waals surface area contributed by atoms with Crippen LogP contribution in [0.25, 0.3) is 0 Å². The fourth-order valence-corrected chi connectivity index (χ4v) is 1.65. The predicted octanol–water partition coefficient (Wildman–Crippen LogP) is 1.79. The third-order valence-corrected chi connectivity index (χ3v) is 2.41. The van der Waals surface area contributed by atoms with Gasteiger partial charge in [0.1, 0.15) is 24.5 Å². The maximum atomic E-state index is 12.1. The number of nitrogens with zero attached hydrogens (tertiary/aromatic N) is 2. The van der Waals surface area contributed by atoms with Crippen LogP contribution in [0.1, 0.15) is 5.56 Å². The number of aliphatic hydroxyl groups excluding tert-OH is 1. The van der Waals surface area contributed by atoms with Gasteiger partial charge >= 0.3 is 6.18 Å². The van der Waals surface area contributed by atoms with Gasteiger partial charge in [-0.1, -0.05) is 12.1 Å². The highest BCUT2D eigenvalue weighted by molar-refractivity contribution is 5.42. The van der Waals surface area contributed by atoms with Gasteiger partial charge in [-0.05, 0) is 19.2 Å². The smallest absolute Gasteiger partial charge is 0.401 e. The Morgan fingerprint density at radius 3 is 2.65 bits per heavy atom. The maximum absolute atomic E-state index is 12.1. The third-order valence-electron chi connectivity index (χ3n) is 2.41. The van der Waals surface area contributed by atoms with Crippen molar-refractivity contribution < 1.29 is 23.0 Å². The Labute approximate surface area is 115 Å². The molecule has 1 unspecified atom stereocenters. The van der Waals surface area contributed by atoms with Crippen LogP contribution in [0.2, 0.25) is 0 Å². The van der Waals surface area contributed by atoms with Gasteiger partial charge in [0.25, 0.3) is 0 Å². The maximum Gasteiger partial charge on any atom is 0.401 e. The Bertz CT molecular complexity index is 471. The van der Waals surface area contributed by atoms with E-state index in [0.29, 0.717) is 11.3 Å². The van der Waals surface area contributed by atoms with Crippen LogP contribution < -0.4 is 4.74 Å². The summed E-state index contributed by atoms with van der Waals surface area (Å²) in [6, 6.07) is 8.37. The minimum atomic E-state index is -4.30. The van der Waals surface area contributed by atoms with Crippen molar-refractivity contribution in [2.75, 3.05) is 26.7 Å². The second kappa shape index (κ2) is 7.12. The molecule has 1 N–H and O–H groups in total. The summed E-state index contributed by atoms with van der Waals surface area (Å²) in [4.78, 5) is 0.963. The molecule has 4 nitrogen and oxygen atoms in total. The average Bonchev–Trinajstić information content (AvgIpc) is 2.34. The summed E-state index contributed by atoms with van der Waals surface area (Å²) in [5.41, 5.74) is 0.309. The molecule has 1 aromatic carbocycles. The van der Waals surface area contributed by atoms with Crippen LogP contribution in [0, 0.1) is 11.3 Å². The molecule has 0 heterocycles. The van der Waals surface area contributed by atoms with Crippen molar-refractivity contribution >= 4 is 0 Å². The van der Waals surface area contributed by atoms with Gasteiger partial charge in [0.15, 0.2) is 0 Å². The molecule has 1 atom stereocenters. The predicted molar refractivity (Wildman–Crippen MR) is 66.2 cm³/mol. The molecular weight excluding hydrogens is 273 g/mol. The molecule has 0 aliphatic rings. The number of halogens is 3. The van der Waals surface area contributed by atoms with E-state index >= 15 is 0 Å². The van der Waals surface area contributed by atoms with E-state index < -0.39 is 18.8 Å². The number of hydrogen-bond acceptors (Lipinski definition) is 4. The summed E-state index contributed by atoms with van der Waals surface area (Å²) in [6.07, 6.45) is -5.38. The quantitative estimate of drug-likeness (QED) is 0.867. The van der Waals surface area contributed by atoms with Crippen molar-refractivity contribution in [3.63, 3.8) is 0 Å². The van der Waals surface area contributed by atoms with Crippen molar-refractivity contribution in [1.29, 1.82) is 5.26 Å². The molecule has 20 heavy (non-hydrogen) atoms. The molecule has 0 amide bonds. The largest absolute Gasteiger partial charge is 0.489 e. The molecule has 0 aromatic heterocycles. The highest BCUT2D eigenvalue weighted by atomic mass is 19.4. The van der Waals surface area contributed by atoms with Gasteiger partial charge in [0, 0.05) is 6.54 Å². The summed E-state index contributed by atoms with van der Waals surface area (Å²) in [7, 11) is 1.26. The van der Waals surface area contributed by atoms with Crippen LogP contribution in [0.3, 0.4) is 0 Å². The van der Waals surface area contributed by atoms with E-state index in [9.17, 15) is 18.3 Å². The molecule has 0 bridgehead atoms. The Morgan fingerprint density at radius 1 is 1.40 bits per heavy atom. The number of aliphatic hydroxyl groups is 1. The second-order valence-electron chi connectivity index (χ2n) is 4.38. The van der Waals surface area contributed by atoms with Gasteiger partial charge in [0.2, 0.25) is 0 Å². The highest BCUT2D eigenvalue weighted by Crippen LogP contribution is 2.17. The lowest BCUT2D eigenvalue weighted by atomic mass is 10.2. The van der Waals surface area contributed by atoms with Crippen LogP contribution in [-0.4, -0.2) is 49.0 Å². The van der Waals surface area contributed by atoms with Crippen molar-refractivity contribution in [2.45, 2.75) is 12.3 Å². The van der Waals surface area contributed by atoms with Crippen molar-refractivity contribution in [1.82, 2.24) is 4.90 Å². The van der Waals surface area contributed by atoms with Gasteiger partial charge < -0.3 is 9.84 Å². The van der Waals surface area contributed by atoms with E-state index in [2.05, 4.69) is 0 Å². The summed E-state index contributed by atoms with van der Waals surface area (Å²) in [6.45, 7) is -1.45. The standard InChI is InChI=1S/C13H15F3N2O2/c1-18(9-13(14,15)16)7-11(19)8-20-12-5-3-2-4-10(12)6-17/h2-5,11,19H,7-9H2,1H3. The van der Waals surface area contributed by atoms with Crippen LogP contribution in [0.4, 0.5) is 13.2 Å². The van der Waals surface area contributed by atoms with Gasteiger partial charge in [-0.3, -0.25) is 4.90 Å². The monoisotopic (exact) mass is 288 g/mol. The number of ether oxygens (including phenoxy) is 1. The molecule has 0 aliphatic heterocycles. The summed E-state index contributed by atoms with van der Waals surface area (Å²) in [5.74, 6) is 0.299. The summed E-state index contributed by atoms with van der Waals surface area (Å²) >= 11 is 0. The summed E-state index contributed by atoms with van der Waals surface area (Å²) < 4.78 is 41.6.